The molecule has 0 atom stereocenters. The molecule has 2 rings (SSSR count). The zero-order valence-corrected chi connectivity index (χ0v) is 16.5. The van der Waals surface area contributed by atoms with E-state index in [1.807, 2.05) is 6.92 Å². The molecule has 0 saturated heterocycles. The van der Waals surface area contributed by atoms with Crippen LogP contribution in [-0.2, 0) is 27.5 Å². The van der Waals surface area contributed by atoms with Crippen molar-refractivity contribution in [3.05, 3.63) is 36.2 Å². The number of aromatic nitrogens is 2. The molecule has 1 aromatic carbocycles. The van der Waals surface area contributed by atoms with Crippen molar-refractivity contribution in [1.82, 2.24) is 14.9 Å². The SMILES string of the molecule is CCNC(=O)Cn1c(CO)cnc1SCC(=O)Nc1cccc(NC(C)=O)c1. The van der Waals surface area contributed by atoms with Gasteiger partial charge in [0.05, 0.1) is 24.3 Å². The van der Waals surface area contributed by atoms with Crippen molar-refractivity contribution in [1.29, 1.82) is 0 Å². The number of nitrogens with one attached hydrogen (secondary N) is 3. The Morgan fingerprint density at radius 1 is 1.18 bits per heavy atom. The first-order valence-electron chi connectivity index (χ1n) is 8.65. The minimum absolute atomic E-state index is 0.0203. The average Bonchev–Trinajstić information content (AvgIpc) is 3.01. The van der Waals surface area contributed by atoms with E-state index in [1.54, 1.807) is 28.8 Å². The minimum atomic E-state index is -0.261. The second-order valence-electron chi connectivity index (χ2n) is 5.83. The molecule has 2 aromatic rings. The summed E-state index contributed by atoms with van der Waals surface area (Å²) in [4.78, 5) is 39.4. The maximum Gasteiger partial charge on any atom is 0.240 e. The number of amides is 3. The van der Waals surface area contributed by atoms with Crippen LogP contribution in [0.3, 0.4) is 0 Å². The first-order valence-corrected chi connectivity index (χ1v) is 9.63. The van der Waals surface area contributed by atoms with Gasteiger partial charge in [-0.15, -0.1) is 0 Å². The fourth-order valence-electron chi connectivity index (χ4n) is 2.40. The van der Waals surface area contributed by atoms with Crippen LogP contribution in [0.1, 0.15) is 19.5 Å². The highest BCUT2D eigenvalue weighted by Gasteiger charge is 2.15. The molecule has 0 bridgehead atoms. The number of carbonyl (C=O) groups is 3. The number of likely N-dealkylation sites (N-methyl/N-ethyl adjacent to an activating group) is 1. The molecule has 0 aliphatic heterocycles. The summed E-state index contributed by atoms with van der Waals surface area (Å²) in [6.45, 7) is 3.50. The van der Waals surface area contributed by atoms with Crippen molar-refractivity contribution in [3.8, 4) is 0 Å². The minimum Gasteiger partial charge on any atom is -0.390 e. The van der Waals surface area contributed by atoms with Gasteiger partial charge in [0.2, 0.25) is 17.7 Å². The third-order valence-electron chi connectivity index (χ3n) is 3.54. The third-order valence-corrected chi connectivity index (χ3v) is 4.53. The molecular formula is C18H23N5O4S. The summed E-state index contributed by atoms with van der Waals surface area (Å²) < 4.78 is 1.58. The molecule has 0 saturated carbocycles. The Balaban J connectivity index is 1.98. The lowest BCUT2D eigenvalue weighted by atomic mass is 10.2. The van der Waals surface area contributed by atoms with Gasteiger partial charge in [0.25, 0.3) is 0 Å². The molecule has 0 fully saturated rings. The lowest BCUT2D eigenvalue weighted by molar-refractivity contribution is -0.121. The first kappa shape index (κ1) is 21.5. The number of hydrogen-bond donors (Lipinski definition) is 4. The summed E-state index contributed by atoms with van der Waals surface area (Å²) >= 11 is 1.16. The summed E-state index contributed by atoms with van der Waals surface area (Å²) in [5.41, 5.74) is 1.64. The highest BCUT2D eigenvalue weighted by molar-refractivity contribution is 7.99. The second-order valence-corrected chi connectivity index (χ2v) is 6.77. The zero-order chi connectivity index (χ0) is 20.5. The maximum atomic E-state index is 12.2. The predicted octanol–water partition coefficient (Wildman–Crippen LogP) is 1.20. The Kier molecular flexibility index (Phi) is 8.02. The molecule has 1 aromatic heterocycles. The Morgan fingerprint density at radius 3 is 2.54 bits per heavy atom. The number of nitrogens with zero attached hydrogens (tertiary/aromatic N) is 2. The molecule has 0 aliphatic carbocycles. The van der Waals surface area contributed by atoms with Gasteiger partial charge in [0.15, 0.2) is 5.16 Å². The Bertz CT molecular complexity index is 852. The van der Waals surface area contributed by atoms with E-state index in [1.165, 1.54) is 13.1 Å². The number of imidazole rings is 1. The summed E-state index contributed by atoms with van der Waals surface area (Å²) in [5, 5.41) is 18.0. The summed E-state index contributed by atoms with van der Waals surface area (Å²) in [7, 11) is 0. The molecule has 28 heavy (non-hydrogen) atoms. The Morgan fingerprint density at radius 2 is 1.89 bits per heavy atom. The molecule has 9 nitrogen and oxygen atoms in total. The van der Waals surface area contributed by atoms with Crippen LogP contribution in [0.4, 0.5) is 11.4 Å². The third kappa shape index (κ3) is 6.39. The van der Waals surface area contributed by atoms with Gasteiger partial charge in [-0.05, 0) is 25.1 Å². The van der Waals surface area contributed by atoms with E-state index < -0.39 is 0 Å². The van der Waals surface area contributed by atoms with Gasteiger partial charge in [-0.1, -0.05) is 17.8 Å². The standard InChI is InChI=1S/C18H23N5O4S/c1-3-19-16(26)9-23-15(10-24)8-20-18(23)28-11-17(27)22-14-6-4-5-13(7-14)21-12(2)25/h4-8,24H,3,9-11H2,1-2H3,(H,19,26)(H,21,25)(H,22,27). The van der Waals surface area contributed by atoms with Gasteiger partial charge in [-0.25, -0.2) is 4.98 Å². The van der Waals surface area contributed by atoms with Crippen LogP contribution < -0.4 is 16.0 Å². The van der Waals surface area contributed by atoms with Crippen molar-refractivity contribution >= 4 is 40.9 Å². The van der Waals surface area contributed by atoms with E-state index in [2.05, 4.69) is 20.9 Å². The van der Waals surface area contributed by atoms with Crippen molar-refractivity contribution in [2.45, 2.75) is 32.2 Å². The van der Waals surface area contributed by atoms with Crippen LogP contribution in [0.5, 0.6) is 0 Å². The highest BCUT2D eigenvalue weighted by Crippen LogP contribution is 2.20. The fourth-order valence-corrected chi connectivity index (χ4v) is 3.20. The van der Waals surface area contributed by atoms with Gasteiger partial charge in [-0.3, -0.25) is 14.4 Å². The predicted molar refractivity (Wildman–Crippen MR) is 107 cm³/mol. The molecule has 1 heterocycles. The van der Waals surface area contributed by atoms with E-state index in [4.69, 9.17) is 0 Å². The number of aliphatic hydroxyl groups is 1. The maximum absolute atomic E-state index is 12.2. The lowest BCUT2D eigenvalue weighted by Gasteiger charge is -2.11. The molecule has 0 aliphatic rings. The smallest absolute Gasteiger partial charge is 0.240 e. The number of benzene rings is 1. The summed E-state index contributed by atoms with van der Waals surface area (Å²) in [5.74, 6) is -0.584. The molecule has 0 unspecified atom stereocenters. The molecule has 0 spiro atoms. The van der Waals surface area contributed by atoms with Crippen LogP contribution in [0.2, 0.25) is 0 Å². The van der Waals surface area contributed by atoms with Gasteiger partial charge < -0.3 is 25.6 Å². The number of anilines is 2. The number of rotatable bonds is 9. The zero-order valence-electron chi connectivity index (χ0n) is 15.7. The largest absolute Gasteiger partial charge is 0.390 e. The fraction of sp³-hybridized carbons (Fsp3) is 0.333. The second kappa shape index (κ2) is 10.5. The molecule has 4 N–H and O–H groups in total. The van der Waals surface area contributed by atoms with Crippen molar-refractivity contribution in [2.24, 2.45) is 0 Å². The monoisotopic (exact) mass is 405 g/mol. The van der Waals surface area contributed by atoms with Crippen molar-refractivity contribution < 1.29 is 19.5 Å². The number of hydrogen-bond acceptors (Lipinski definition) is 6. The van der Waals surface area contributed by atoms with Crippen LogP contribution in [0.15, 0.2) is 35.6 Å². The van der Waals surface area contributed by atoms with E-state index in [0.717, 1.165) is 11.8 Å². The molecule has 0 radical (unpaired) electrons. The highest BCUT2D eigenvalue weighted by atomic mass is 32.2. The van der Waals surface area contributed by atoms with Crippen LogP contribution >= 0.6 is 11.8 Å². The number of aliphatic hydroxyl groups excluding tert-OH is 1. The van der Waals surface area contributed by atoms with Gasteiger partial charge in [-0.2, -0.15) is 0 Å². The lowest BCUT2D eigenvalue weighted by Crippen LogP contribution is -2.28. The normalized spacial score (nSPS) is 10.4. The van der Waals surface area contributed by atoms with E-state index in [-0.39, 0.29) is 36.6 Å². The number of thioether (sulfide) groups is 1. The van der Waals surface area contributed by atoms with Crippen molar-refractivity contribution in [3.63, 3.8) is 0 Å². The molecule has 3 amide bonds. The van der Waals surface area contributed by atoms with Gasteiger partial charge in [0.1, 0.15) is 6.54 Å². The van der Waals surface area contributed by atoms with Crippen LogP contribution in [0, 0.1) is 0 Å². The van der Waals surface area contributed by atoms with Gasteiger partial charge in [0, 0.05) is 24.8 Å². The van der Waals surface area contributed by atoms with E-state index >= 15 is 0 Å². The Labute approximate surface area is 166 Å². The van der Waals surface area contributed by atoms with Crippen molar-refractivity contribution in [2.75, 3.05) is 22.9 Å². The quantitative estimate of drug-likeness (QED) is 0.465. The summed E-state index contributed by atoms with van der Waals surface area (Å²) in [6.07, 6.45) is 1.48. The van der Waals surface area contributed by atoms with E-state index in [0.29, 0.717) is 28.8 Å². The number of carbonyl (C=O) groups excluding carboxylic acids is 3. The average molecular weight is 405 g/mol. The molecule has 10 heteroatoms. The molecular weight excluding hydrogens is 382 g/mol. The Hall–Kier alpha value is -2.85. The molecule has 150 valence electrons. The topological polar surface area (TPSA) is 125 Å². The summed E-state index contributed by atoms with van der Waals surface area (Å²) in [6, 6.07) is 6.82. The van der Waals surface area contributed by atoms with Crippen LogP contribution in [0.25, 0.3) is 0 Å². The van der Waals surface area contributed by atoms with E-state index in [9.17, 15) is 19.5 Å². The van der Waals surface area contributed by atoms with Crippen LogP contribution in [-0.4, -0.2) is 44.7 Å². The van der Waals surface area contributed by atoms with Gasteiger partial charge >= 0.3 is 0 Å². The first-order chi connectivity index (χ1) is 13.4.